The molecule has 0 bridgehead atoms. The van der Waals surface area contributed by atoms with E-state index in [0.717, 1.165) is 28.4 Å². The van der Waals surface area contributed by atoms with Crippen molar-refractivity contribution in [1.29, 1.82) is 0 Å². The molecule has 2 heterocycles. The summed E-state index contributed by atoms with van der Waals surface area (Å²) in [7, 11) is 0. The number of hydrogen-bond acceptors (Lipinski definition) is 5. The first kappa shape index (κ1) is 13.5. The van der Waals surface area contributed by atoms with Crippen LogP contribution in [0.2, 0.25) is 0 Å². The molecule has 0 spiro atoms. The van der Waals surface area contributed by atoms with Crippen LogP contribution in [0.15, 0.2) is 22.9 Å². The third-order valence-electron chi connectivity index (χ3n) is 2.93. The van der Waals surface area contributed by atoms with Gasteiger partial charge in [0.2, 0.25) is 0 Å². The molecule has 1 atom stereocenters. The van der Waals surface area contributed by atoms with Crippen LogP contribution >= 0.6 is 12.2 Å². The van der Waals surface area contributed by atoms with E-state index in [4.69, 9.17) is 22.5 Å². The van der Waals surface area contributed by atoms with E-state index in [9.17, 15) is 0 Å². The number of rotatable bonds is 4. The lowest BCUT2D eigenvalue weighted by Crippen LogP contribution is -2.12. The van der Waals surface area contributed by atoms with E-state index in [1.165, 1.54) is 0 Å². The van der Waals surface area contributed by atoms with Gasteiger partial charge in [0.05, 0.1) is 11.7 Å². The molecule has 0 saturated heterocycles. The topological polar surface area (TPSA) is 77.0 Å². The zero-order chi connectivity index (χ0) is 14.0. The second kappa shape index (κ2) is 5.36. The highest BCUT2D eigenvalue weighted by molar-refractivity contribution is 7.80. The summed E-state index contributed by atoms with van der Waals surface area (Å²) in [5.74, 6) is 1.57. The van der Waals surface area contributed by atoms with Crippen molar-refractivity contribution in [1.82, 2.24) is 10.1 Å². The first-order valence-corrected chi connectivity index (χ1v) is 6.35. The molecule has 0 fully saturated rings. The highest BCUT2D eigenvalue weighted by Crippen LogP contribution is 2.24. The zero-order valence-electron chi connectivity index (χ0n) is 11.1. The van der Waals surface area contributed by atoms with Crippen molar-refractivity contribution in [2.45, 2.75) is 26.8 Å². The van der Waals surface area contributed by atoms with Gasteiger partial charge in [-0.2, -0.15) is 0 Å². The first-order chi connectivity index (χ1) is 8.99. The lowest BCUT2D eigenvalue weighted by Gasteiger charge is -2.14. The molecule has 100 valence electrons. The predicted molar refractivity (Wildman–Crippen MR) is 78.1 cm³/mol. The van der Waals surface area contributed by atoms with E-state index >= 15 is 0 Å². The normalized spacial score (nSPS) is 12.2. The van der Waals surface area contributed by atoms with Crippen LogP contribution in [-0.4, -0.2) is 15.1 Å². The van der Waals surface area contributed by atoms with Gasteiger partial charge in [0, 0.05) is 17.3 Å². The fraction of sp³-hybridized carbons (Fsp3) is 0.308. The van der Waals surface area contributed by atoms with Crippen LogP contribution in [0.3, 0.4) is 0 Å². The van der Waals surface area contributed by atoms with Gasteiger partial charge < -0.3 is 15.6 Å². The van der Waals surface area contributed by atoms with E-state index in [0.29, 0.717) is 4.99 Å². The van der Waals surface area contributed by atoms with Crippen LogP contribution in [0.25, 0.3) is 0 Å². The Hall–Kier alpha value is -1.95. The van der Waals surface area contributed by atoms with Gasteiger partial charge in [0.15, 0.2) is 0 Å². The number of thiocarbonyl (C=S) groups is 1. The number of anilines is 1. The summed E-state index contributed by atoms with van der Waals surface area (Å²) in [4.78, 5) is 4.62. The summed E-state index contributed by atoms with van der Waals surface area (Å²) in [6.07, 6.45) is 1.66. The van der Waals surface area contributed by atoms with E-state index in [-0.39, 0.29) is 6.04 Å². The molecule has 5 nitrogen and oxygen atoms in total. The molecule has 2 aromatic rings. The van der Waals surface area contributed by atoms with Crippen LogP contribution in [0, 0.1) is 13.8 Å². The third-order valence-corrected chi connectivity index (χ3v) is 3.17. The summed E-state index contributed by atoms with van der Waals surface area (Å²) in [5, 5.41) is 7.24. The minimum Gasteiger partial charge on any atom is -0.389 e. The van der Waals surface area contributed by atoms with Gasteiger partial charge in [-0.1, -0.05) is 17.4 Å². The lowest BCUT2D eigenvalue weighted by atomic mass is 10.1. The molecule has 2 rings (SSSR count). The van der Waals surface area contributed by atoms with Crippen molar-refractivity contribution in [2.75, 3.05) is 5.32 Å². The Balaban J connectivity index is 2.15. The summed E-state index contributed by atoms with van der Waals surface area (Å²) in [6.45, 7) is 5.86. The average molecular weight is 276 g/mol. The van der Waals surface area contributed by atoms with Crippen LogP contribution in [0.4, 0.5) is 5.82 Å². The van der Waals surface area contributed by atoms with Gasteiger partial charge in [-0.3, -0.25) is 0 Å². The van der Waals surface area contributed by atoms with Crippen LogP contribution in [0.1, 0.15) is 35.5 Å². The van der Waals surface area contributed by atoms with Crippen molar-refractivity contribution in [3.8, 4) is 0 Å². The molecule has 1 unspecified atom stereocenters. The van der Waals surface area contributed by atoms with E-state index < -0.39 is 0 Å². The molecule has 0 amide bonds. The minimum atomic E-state index is 0.0643. The first-order valence-electron chi connectivity index (χ1n) is 5.94. The lowest BCUT2D eigenvalue weighted by molar-refractivity contribution is 0.392. The smallest absolute Gasteiger partial charge is 0.139 e. The van der Waals surface area contributed by atoms with Crippen molar-refractivity contribution in [3.63, 3.8) is 0 Å². The quantitative estimate of drug-likeness (QED) is 0.835. The molecular formula is C13H16N4OS. The Labute approximate surface area is 117 Å². The Kier molecular flexibility index (Phi) is 3.80. The molecule has 0 radical (unpaired) electrons. The Morgan fingerprint density at radius 3 is 2.63 bits per heavy atom. The maximum absolute atomic E-state index is 5.53. The monoisotopic (exact) mass is 276 g/mol. The number of hydrogen-bond donors (Lipinski definition) is 2. The standard InChI is InChI=1S/C13H16N4OS/c1-7(12-8(2)17-18-9(12)3)16-11-5-4-10(6-15-11)13(14)19/h4-7H,1-3H3,(H2,14,19)(H,15,16). The van der Waals surface area contributed by atoms with Gasteiger partial charge in [-0.05, 0) is 32.9 Å². The average Bonchev–Trinajstić information content (AvgIpc) is 2.69. The molecule has 2 aromatic heterocycles. The Morgan fingerprint density at radius 1 is 1.42 bits per heavy atom. The summed E-state index contributed by atoms with van der Waals surface area (Å²) in [5.41, 5.74) is 8.23. The SMILES string of the molecule is Cc1noc(C)c1C(C)Nc1ccc(C(N)=S)cn1. The summed E-state index contributed by atoms with van der Waals surface area (Å²) >= 11 is 4.89. The molecule has 0 aliphatic rings. The van der Waals surface area contributed by atoms with Gasteiger partial charge in [0.25, 0.3) is 0 Å². The third kappa shape index (κ3) is 2.90. The van der Waals surface area contributed by atoms with Crippen molar-refractivity contribution in [2.24, 2.45) is 5.73 Å². The van der Waals surface area contributed by atoms with Gasteiger partial charge in [-0.25, -0.2) is 4.98 Å². The maximum atomic E-state index is 5.53. The largest absolute Gasteiger partial charge is 0.389 e. The minimum absolute atomic E-state index is 0.0643. The van der Waals surface area contributed by atoms with Crippen molar-refractivity contribution in [3.05, 3.63) is 40.9 Å². The molecule has 0 aliphatic carbocycles. The van der Waals surface area contributed by atoms with Crippen molar-refractivity contribution >= 4 is 23.0 Å². The molecular weight excluding hydrogens is 260 g/mol. The summed E-state index contributed by atoms with van der Waals surface area (Å²) in [6, 6.07) is 3.76. The number of pyridine rings is 1. The fourth-order valence-electron chi connectivity index (χ4n) is 2.03. The molecule has 19 heavy (non-hydrogen) atoms. The highest BCUT2D eigenvalue weighted by atomic mass is 32.1. The van der Waals surface area contributed by atoms with Crippen molar-refractivity contribution < 1.29 is 4.52 Å². The van der Waals surface area contributed by atoms with E-state index in [2.05, 4.69) is 15.5 Å². The highest BCUT2D eigenvalue weighted by Gasteiger charge is 2.16. The maximum Gasteiger partial charge on any atom is 0.139 e. The van der Waals surface area contributed by atoms with E-state index in [1.54, 1.807) is 6.20 Å². The zero-order valence-corrected chi connectivity index (χ0v) is 11.9. The molecule has 6 heteroatoms. The Morgan fingerprint density at radius 2 is 2.16 bits per heavy atom. The van der Waals surface area contributed by atoms with Crippen LogP contribution < -0.4 is 11.1 Å². The Bertz CT molecular complexity index is 572. The number of nitrogens with one attached hydrogen (secondary N) is 1. The molecule has 3 N–H and O–H groups in total. The van der Waals surface area contributed by atoms with Crippen LogP contribution in [0.5, 0.6) is 0 Å². The number of aromatic nitrogens is 2. The second-order valence-electron chi connectivity index (χ2n) is 4.40. The number of nitrogens with zero attached hydrogens (tertiary/aromatic N) is 2. The summed E-state index contributed by atoms with van der Waals surface area (Å²) < 4.78 is 5.16. The predicted octanol–water partition coefficient (Wildman–Crippen LogP) is 2.49. The molecule has 0 saturated carbocycles. The number of nitrogens with two attached hydrogens (primary N) is 1. The van der Waals surface area contributed by atoms with Gasteiger partial charge >= 0.3 is 0 Å². The van der Waals surface area contributed by atoms with E-state index in [1.807, 2.05) is 32.9 Å². The fourth-order valence-corrected chi connectivity index (χ4v) is 2.15. The van der Waals surface area contributed by atoms with Crippen LogP contribution in [-0.2, 0) is 0 Å². The van der Waals surface area contributed by atoms with Gasteiger partial charge in [0.1, 0.15) is 16.6 Å². The molecule has 0 aromatic carbocycles. The van der Waals surface area contributed by atoms with Gasteiger partial charge in [-0.15, -0.1) is 0 Å². The second-order valence-corrected chi connectivity index (χ2v) is 4.84. The number of aryl methyl sites for hydroxylation is 2. The molecule has 0 aliphatic heterocycles.